The van der Waals surface area contributed by atoms with Gasteiger partial charge < -0.3 is 4.98 Å². The molecule has 0 bridgehead atoms. The van der Waals surface area contributed by atoms with Crippen LogP contribution in [0, 0.1) is 5.92 Å². The Morgan fingerprint density at radius 1 is 1.08 bits per heavy atom. The van der Waals surface area contributed by atoms with Gasteiger partial charge in [-0.1, -0.05) is 19.1 Å². The van der Waals surface area contributed by atoms with E-state index >= 15 is 0 Å². The molecule has 0 amide bonds. The highest BCUT2D eigenvalue weighted by molar-refractivity contribution is 5.77. The molecule has 1 saturated heterocycles. The predicted octanol–water partition coefficient (Wildman–Crippen LogP) is 3.18. The zero-order valence-corrected chi connectivity index (χ0v) is 15.9. The van der Waals surface area contributed by atoms with E-state index in [9.17, 15) is 4.79 Å². The zero-order chi connectivity index (χ0) is 18.1. The minimum Gasteiger partial charge on any atom is -0.309 e. The third-order valence-corrected chi connectivity index (χ3v) is 6.43. The Morgan fingerprint density at radius 2 is 1.77 bits per heavy atom. The fourth-order valence-electron chi connectivity index (χ4n) is 4.57. The van der Waals surface area contributed by atoms with Gasteiger partial charge in [-0.3, -0.25) is 14.6 Å². The van der Waals surface area contributed by atoms with E-state index in [-0.39, 0.29) is 11.6 Å². The quantitative estimate of drug-likeness (QED) is 0.920. The van der Waals surface area contributed by atoms with E-state index in [4.69, 9.17) is 4.98 Å². The molecule has 2 aliphatic rings. The minimum atomic E-state index is -0.0348. The van der Waals surface area contributed by atoms with E-state index in [0.717, 1.165) is 49.5 Å². The van der Waals surface area contributed by atoms with Crippen LogP contribution in [0.25, 0.3) is 10.9 Å². The molecule has 1 saturated carbocycles. The summed E-state index contributed by atoms with van der Waals surface area (Å²) in [5.41, 5.74) is 0.750. The molecule has 0 radical (unpaired) electrons. The average molecular weight is 354 g/mol. The van der Waals surface area contributed by atoms with Gasteiger partial charge in [0.25, 0.3) is 5.56 Å². The number of rotatable bonds is 3. The van der Waals surface area contributed by atoms with Crippen LogP contribution in [0.15, 0.2) is 29.1 Å². The summed E-state index contributed by atoms with van der Waals surface area (Å²) in [7, 11) is 0. The minimum absolute atomic E-state index is 0.0348. The zero-order valence-electron chi connectivity index (χ0n) is 15.9. The summed E-state index contributed by atoms with van der Waals surface area (Å²) in [6, 6.07) is 8.49. The molecule has 1 aromatic carbocycles. The van der Waals surface area contributed by atoms with E-state index < -0.39 is 0 Å². The molecule has 1 aromatic heterocycles. The molecule has 4 rings (SSSR count). The molecule has 2 fully saturated rings. The van der Waals surface area contributed by atoms with Crippen LogP contribution in [0.3, 0.4) is 0 Å². The van der Waals surface area contributed by atoms with Crippen LogP contribution in [-0.2, 0) is 0 Å². The fourth-order valence-corrected chi connectivity index (χ4v) is 4.57. The molecule has 1 atom stereocenters. The second-order valence-corrected chi connectivity index (χ2v) is 8.13. The number of para-hydroxylation sites is 1. The highest BCUT2D eigenvalue weighted by Gasteiger charge is 2.29. The molecule has 26 heavy (non-hydrogen) atoms. The first kappa shape index (κ1) is 17.7. The van der Waals surface area contributed by atoms with Crippen molar-refractivity contribution in [2.45, 2.75) is 51.6 Å². The van der Waals surface area contributed by atoms with Gasteiger partial charge >= 0.3 is 0 Å². The first-order chi connectivity index (χ1) is 12.6. The van der Waals surface area contributed by atoms with Crippen molar-refractivity contribution in [2.75, 3.05) is 26.2 Å². The molecular formula is C21H30N4O. The lowest BCUT2D eigenvalue weighted by Gasteiger charge is -2.43. The Balaban J connectivity index is 1.42. The second kappa shape index (κ2) is 7.49. The first-order valence-electron chi connectivity index (χ1n) is 10.1. The number of piperazine rings is 1. The standard InChI is InChI=1S/C21H30N4O/c1-15-7-9-17(10-8-15)25-13-11-24(12-14-25)16(2)20-22-19-6-4-3-5-18(19)21(26)23-20/h3-6,15-17H,7-14H2,1-2H3,(H,22,23,26). The lowest BCUT2D eigenvalue weighted by molar-refractivity contribution is 0.0532. The van der Waals surface area contributed by atoms with Crippen molar-refractivity contribution in [3.63, 3.8) is 0 Å². The van der Waals surface area contributed by atoms with Crippen molar-refractivity contribution in [1.82, 2.24) is 19.8 Å². The van der Waals surface area contributed by atoms with Crippen molar-refractivity contribution in [3.8, 4) is 0 Å². The molecule has 1 aliphatic carbocycles. The lowest BCUT2D eigenvalue weighted by atomic mass is 9.86. The van der Waals surface area contributed by atoms with Crippen LogP contribution in [0.1, 0.15) is 51.4 Å². The Labute approximate surface area is 155 Å². The third kappa shape index (κ3) is 3.55. The normalized spacial score (nSPS) is 26.8. The molecule has 2 aromatic rings. The van der Waals surface area contributed by atoms with Crippen molar-refractivity contribution in [3.05, 3.63) is 40.4 Å². The van der Waals surface area contributed by atoms with E-state index in [2.05, 4.69) is 28.6 Å². The van der Waals surface area contributed by atoms with Gasteiger partial charge in [-0.15, -0.1) is 0 Å². The van der Waals surface area contributed by atoms with Crippen LogP contribution in [0.4, 0.5) is 0 Å². The molecule has 0 spiro atoms. The van der Waals surface area contributed by atoms with E-state index in [1.165, 1.54) is 25.7 Å². The van der Waals surface area contributed by atoms with Gasteiger partial charge in [0.1, 0.15) is 5.82 Å². The summed E-state index contributed by atoms with van der Waals surface area (Å²) in [4.78, 5) is 25.2. The second-order valence-electron chi connectivity index (χ2n) is 8.13. The maximum atomic E-state index is 12.3. The Kier molecular flexibility index (Phi) is 5.09. The molecule has 1 unspecified atom stereocenters. The Bertz CT molecular complexity index is 801. The Hall–Kier alpha value is -1.72. The summed E-state index contributed by atoms with van der Waals surface area (Å²) in [6.45, 7) is 8.88. The van der Waals surface area contributed by atoms with Crippen LogP contribution < -0.4 is 5.56 Å². The third-order valence-electron chi connectivity index (χ3n) is 6.43. The number of hydrogen-bond donors (Lipinski definition) is 1. The van der Waals surface area contributed by atoms with Gasteiger partial charge in [0.2, 0.25) is 0 Å². The topological polar surface area (TPSA) is 52.2 Å². The lowest BCUT2D eigenvalue weighted by Crippen LogP contribution is -2.51. The number of nitrogens with one attached hydrogen (secondary N) is 1. The van der Waals surface area contributed by atoms with Crippen molar-refractivity contribution in [2.24, 2.45) is 5.92 Å². The summed E-state index contributed by atoms with van der Waals surface area (Å²) < 4.78 is 0. The van der Waals surface area contributed by atoms with Crippen molar-refractivity contribution < 1.29 is 0 Å². The highest BCUT2D eigenvalue weighted by Crippen LogP contribution is 2.28. The van der Waals surface area contributed by atoms with Gasteiger partial charge in [0.05, 0.1) is 16.9 Å². The maximum absolute atomic E-state index is 12.3. The molecule has 1 aliphatic heterocycles. The Morgan fingerprint density at radius 3 is 2.50 bits per heavy atom. The van der Waals surface area contributed by atoms with E-state index in [1.54, 1.807) is 0 Å². The highest BCUT2D eigenvalue weighted by atomic mass is 16.1. The number of aromatic nitrogens is 2. The van der Waals surface area contributed by atoms with Gasteiger partial charge in [-0.05, 0) is 50.7 Å². The molecular weight excluding hydrogens is 324 g/mol. The van der Waals surface area contributed by atoms with Gasteiger partial charge in [0, 0.05) is 32.2 Å². The smallest absolute Gasteiger partial charge is 0.258 e. The summed E-state index contributed by atoms with van der Waals surface area (Å²) in [5, 5.41) is 0.666. The molecule has 5 heteroatoms. The fraction of sp³-hybridized carbons (Fsp3) is 0.619. The summed E-state index contributed by atoms with van der Waals surface area (Å²) >= 11 is 0. The number of aromatic amines is 1. The number of fused-ring (bicyclic) bond motifs is 1. The van der Waals surface area contributed by atoms with Gasteiger partial charge in [-0.2, -0.15) is 0 Å². The van der Waals surface area contributed by atoms with Crippen molar-refractivity contribution in [1.29, 1.82) is 0 Å². The number of hydrogen-bond acceptors (Lipinski definition) is 4. The van der Waals surface area contributed by atoms with Gasteiger partial charge in [-0.25, -0.2) is 4.98 Å². The number of benzene rings is 1. The van der Waals surface area contributed by atoms with Crippen LogP contribution in [-0.4, -0.2) is 52.0 Å². The van der Waals surface area contributed by atoms with E-state index in [1.807, 2.05) is 24.3 Å². The summed E-state index contributed by atoms with van der Waals surface area (Å²) in [5.74, 6) is 1.69. The molecule has 140 valence electrons. The summed E-state index contributed by atoms with van der Waals surface area (Å²) in [6.07, 6.45) is 5.47. The molecule has 2 heterocycles. The van der Waals surface area contributed by atoms with Gasteiger partial charge in [0.15, 0.2) is 0 Å². The largest absolute Gasteiger partial charge is 0.309 e. The SMILES string of the molecule is CC1CCC(N2CCN(C(C)c3nc4ccccc4c(=O)[nH]3)CC2)CC1. The molecule has 5 nitrogen and oxygen atoms in total. The van der Waals surface area contributed by atoms with E-state index in [0.29, 0.717) is 5.39 Å². The van der Waals surface area contributed by atoms with Crippen LogP contribution >= 0.6 is 0 Å². The monoisotopic (exact) mass is 354 g/mol. The number of H-pyrrole nitrogens is 1. The first-order valence-corrected chi connectivity index (χ1v) is 10.1. The van der Waals surface area contributed by atoms with Crippen LogP contribution in [0.2, 0.25) is 0 Å². The number of nitrogens with zero attached hydrogens (tertiary/aromatic N) is 3. The maximum Gasteiger partial charge on any atom is 0.258 e. The molecule has 1 N–H and O–H groups in total. The van der Waals surface area contributed by atoms with Crippen molar-refractivity contribution >= 4 is 10.9 Å². The average Bonchev–Trinajstić information content (AvgIpc) is 2.68. The van der Waals surface area contributed by atoms with Crippen LogP contribution in [0.5, 0.6) is 0 Å². The predicted molar refractivity (Wildman–Crippen MR) is 105 cm³/mol.